The Hall–Kier alpha value is -1.33. The van der Waals surface area contributed by atoms with E-state index in [0.717, 1.165) is 23.6 Å². The first kappa shape index (κ1) is 11.2. The molecule has 0 radical (unpaired) electrons. The molecule has 3 nitrogen and oxygen atoms in total. The van der Waals surface area contributed by atoms with Crippen LogP contribution < -0.4 is 0 Å². The van der Waals surface area contributed by atoms with E-state index < -0.39 is 11.9 Å². The molecule has 1 aliphatic rings. The molecule has 1 aromatic heterocycles. The minimum absolute atomic E-state index is 0.148. The molecule has 0 N–H and O–H groups in total. The molecule has 0 aliphatic heterocycles. The SMILES string of the molecule is CC(=O)Cn1nc(C2CC2)cc1C(F)(F)F. The van der Waals surface area contributed by atoms with Gasteiger partial charge in [0.2, 0.25) is 0 Å². The lowest BCUT2D eigenvalue weighted by Gasteiger charge is -2.07. The molecule has 0 saturated heterocycles. The van der Waals surface area contributed by atoms with Crippen molar-refractivity contribution < 1.29 is 18.0 Å². The van der Waals surface area contributed by atoms with Gasteiger partial charge in [-0.05, 0) is 25.8 Å². The monoisotopic (exact) mass is 232 g/mol. The van der Waals surface area contributed by atoms with E-state index in [2.05, 4.69) is 5.10 Å². The highest BCUT2D eigenvalue weighted by molar-refractivity contribution is 5.75. The molecule has 0 aromatic carbocycles. The van der Waals surface area contributed by atoms with E-state index in [0.29, 0.717) is 5.69 Å². The third-order valence-electron chi connectivity index (χ3n) is 2.46. The fourth-order valence-corrected chi connectivity index (χ4v) is 1.57. The number of carbonyl (C=O) groups is 1. The largest absolute Gasteiger partial charge is 0.433 e. The quantitative estimate of drug-likeness (QED) is 0.801. The fourth-order valence-electron chi connectivity index (χ4n) is 1.57. The lowest BCUT2D eigenvalue weighted by Crippen LogP contribution is -2.17. The van der Waals surface area contributed by atoms with E-state index in [1.807, 2.05) is 0 Å². The summed E-state index contributed by atoms with van der Waals surface area (Å²) in [7, 11) is 0. The average Bonchev–Trinajstić information content (AvgIpc) is 2.86. The van der Waals surface area contributed by atoms with Gasteiger partial charge in [0, 0.05) is 5.92 Å². The third-order valence-corrected chi connectivity index (χ3v) is 2.46. The Morgan fingerprint density at radius 2 is 2.19 bits per heavy atom. The van der Waals surface area contributed by atoms with Crippen molar-refractivity contribution in [3.63, 3.8) is 0 Å². The standard InChI is InChI=1S/C10H11F3N2O/c1-6(16)5-15-9(10(11,12)13)4-8(14-15)7-2-3-7/h4,7H,2-3,5H2,1H3. The van der Waals surface area contributed by atoms with Crippen molar-refractivity contribution in [3.05, 3.63) is 17.5 Å². The number of carbonyl (C=O) groups excluding carboxylic acids is 1. The van der Waals surface area contributed by atoms with Gasteiger partial charge in [0.15, 0.2) is 5.78 Å². The molecular formula is C10H11F3N2O. The number of halogens is 3. The van der Waals surface area contributed by atoms with E-state index in [4.69, 9.17) is 0 Å². The minimum Gasteiger partial charge on any atom is -0.298 e. The average molecular weight is 232 g/mol. The summed E-state index contributed by atoms with van der Waals surface area (Å²) in [5.41, 5.74) is -0.377. The van der Waals surface area contributed by atoms with Gasteiger partial charge >= 0.3 is 6.18 Å². The molecule has 0 unspecified atom stereocenters. The number of aromatic nitrogens is 2. The van der Waals surface area contributed by atoms with Crippen LogP contribution in [0.1, 0.15) is 37.1 Å². The summed E-state index contributed by atoms with van der Waals surface area (Å²) in [5, 5.41) is 3.85. The zero-order chi connectivity index (χ0) is 11.9. The molecular weight excluding hydrogens is 221 g/mol. The van der Waals surface area contributed by atoms with Crippen molar-refractivity contribution in [3.8, 4) is 0 Å². The fraction of sp³-hybridized carbons (Fsp3) is 0.600. The molecule has 0 spiro atoms. The number of nitrogens with zero attached hydrogens (tertiary/aromatic N) is 2. The molecule has 0 amide bonds. The highest BCUT2D eigenvalue weighted by Gasteiger charge is 2.38. The second kappa shape index (κ2) is 3.61. The van der Waals surface area contributed by atoms with Crippen molar-refractivity contribution in [1.29, 1.82) is 0 Å². The summed E-state index contributed by atoms with van der Waals surface area (Å²) in [6.45, 7) is 0.931. The van der Waals surface area contributed by atoms with Crippen LogP contribution in [-0.2, 0) is 17.5 Å². The summed E-state index contributed by atoms with van der Waals surface area (Å²) in [5.74, 6) is -0.190. The zero-order valence-corrected chi connectivity index (χ0v) is 8.71. The number of hydrogen-bond acceptors (Lipinski definition) is 2. The summed E-state index contributed by atoms with van der Waals surface area (Å²) in [4.78, 5) is 10.9. The number of ketones is 1. The van der Waals surface area contributed by atoms with Gasteiger partial charge < -0.3 is 0 Å². The van der Waals surface area contributed by atoms with Crippen LogP contribution in [-0.4, -0.2) is 15.6 Å². The second-order valence-corrected chi connectivity index (χ2v) is 4.09. The first-order valence-corrected chi connectivity index (χ1v) is 5.02. The maximum Gasteiger partial charge on any atom is 0.433 e. The van der Waals surface area contributed by atoms with Gasteiger partial charge in [0.05, 0.1) is 12.2 Å². The van der Waals surface area contributed by atoms with Gasteiger partial charge in [-0.25, -0.2) is 0 Å². The van der Waals surface area contributed by atoms with E-state index in [1.54, 1.807) is 0 Å². The van der Waals surface area contributed by atoms with E-state index in [9.17, 15) is 18.0 Å². The first-order chi connectivity index (χ1) is 7.38. The minimum atomic E-state index is -4.45. The van der Waals surface area contributed by atoms with E-state index in [-0.39, 0.29) is 18.2 Å². The van der Waals surface area contributed by atoms with Crippen LogP contribution in [0.3, 0.4) is 0 Å². The summed E-state index contributed by atoms with van der Waals surface area (Å²) < 4.78 is 38.6. The Balaban J connectivity index is 2.35. The van der Waals surface area contributed by atoms with Gasteiger partial charge in [0.25, 0.3) is 0 Å². The van der Waals surface area contributed by atoms with Crippen LogP contribution in [0.25, 0.3) is 0 Å². The zero-order valence-electron chi connectivity index (χ0n) is 8.71. The maximum absolute atomic E-state index is 12.6. The van der Waals surface area contributed by atoms with Crippen LogP contribution in [0, 0.1) is 0 Å². The van der Waals surface area contributed by atoms with Crippen LogP contribution in [0.4, 0.5) is 13.2 Å². The molecule has 1 saturated carbocycles. The summed E-state index contributed by atoms with van der Waals surface area (Å²) >= 11 is 0. The first-order valence-electron chi connectivity index (χ1n) is 5.02. The molecule has 88 valence electrons. The molecule has 1 aromatic rings. The van der Waals surface area contributed by atoms with Crippen LogP contribution in [0.2, 0.25) is 0 Å². The molecule has 6 heteroatoms. The normalized spacial score (nSPS) is 16.5. The number of Topliss-reactive ketones (excluding diaryl/α,β-unsaturated/α-hetero) is 1. The number of rotatable bonds is 3. The molecule has 1 heterocycles. The highest BCUT2D eigenvalue weighted by atomic mass is 19.4. The van der Waals surface area contributed by atoms with Crippen molar-refractivity contribution in [1.82, 2.24) is 9.78 Å². The van der Waals surface area contributed by atoms with Crippen molar-refractivity contribution in [2.75, 3.05) is 0 Å². The van der Waals surface area contributed by atoms with E-state index in [1.165, 1.54) is 6.92 Å². The Morgan fingerprint density at radius 3 is 2.62 bits per heavy atom. The van der Waals surface area contributed by atoms with Crippen LogP contribution in [0.5, 0.6) is 0 Å². The Labute approximate surface area is 90.2 Å². The highest BCUT2D eigenvalue weighted by Crippen LogP contribution is 2.41. The Bertz CT molecular complexity index is 418. The predicted molar refractivity (Wildman–Crippen MR) is 49.9 cm³/mol. The molecule has 1 aliphatic carbocycles. The van der Waals surface area contributed by atoms with Crippen molar-refractivity contribution >= 4 is 5.78 Å². The molecule has 1 fully saturated rings. The summed E-state index contributed by atoms with van der Waals surface area (Å²) in [6, 6.07) is 1.06. The van der Waals surface area contributed by atoms with Gasteiger partial charge in [-0.2, -0.15) is 18.3 Å². The smallest absolute Gasteiger partial charge is 0.298 e. The van der Waals surface area contributed by atoms with E-state index >= 15 is 0 Å². The molecule has 0 atom stereocenters. The topological polar surface area (TPSA) is 34.9 Å². The van der Waals surface area contributed by atoms with Crippen LogP contribution >= 0.6 is 0 Å². The molecule has 16 heavy (non-hydrogen) atoms. The number of alkyl halides is 3. The lowest BCUT2D eigenvalue weighted by atomic mass is 10.2. The second-order valence-electron chi connectivity index (χ2n) is 4.09. The maximum atomic E-state index is 12.6. The van der Waals surface area contributed by atoms with Gasteiger partial charge in [0.1, 0.15) is 5.69 Å². The third kappa shape index (κ3) is 2.25. The predicted octanol–water partition coefficient (Wildman–Crippen LogP) is 2.37. The molecule has 0 bridgehead atoms. The van der Waals surface area contributed by atoms with Crippen molar-refractivity contribution in [2.24, 2.45) is 0 Å². The lowest BCUT2D eigenvalue weighted by molar-refractivity contribution is -0.144. The number of hydrogen-bond donors (Lipinski definition) is 0. The van der Waals surface area contributed by atoms with Gasteiger partial charge in [-0.3, -0.25) is 9.48 Å². The van der Waals surface area contributed by atoms with Crippen molar-refractivity contribution in [2.45, 2.75) is 38.4 Å². The van der Waals surface area contributed by atoms with Gasteiger partial charge in [-0.15, -0.1) is 0 Å². The Morgan fingerprint density at radius 1 is 1.56 bits per heavy atom. The summed E-state index contributed by atoms with van der Waals surface area (Å²) in [6.07, 6.45) is -2.68. The Kier molecular flexibility index (Phi) is 2.52. The van der Waals surface area contributed by atoms with Gasteiger partial charge in [-0.1, -0.05) is 0 Å². The molecule has 2 rings (SSSR count). The van der Waals surface area contributed by atoms with Crippen LogP contribution in [0.15, 0.2) is 6.07 Å².